The zero-order valence-electron chi connectivity index (χ0n) is 12.7. The predicted octanol–water partition coefficient (Wildman–Crippen LogP) is -0.674. The van der Waals surface area contributed by atoms with Gasteiger partial charge in [-0.2, -0.15) is 0 Å². The summed E-state index contributed by atoms with van der Waals surface area (Å²) >= 11 is 1.55. The normalized spacial score (nSPS) is 19.1. The average Bonchev–Trinajstić information content (AvgIpc) is 2.99. The van der Waals surface area contributed by atoms with Crippen LogP contribution in [0.15, 0.2) is 16.1 Å². The quantitative estimate of drug-likeness (QED) is 0.741. The van der Waals surface area contributed by atoms with E-state index in [9.17, 15) is 9.59 Å². The molecule has 0 aliphatic carbocycles. The lowest BCUT2D eigenvalue weighted by Gasteiger charge is -2.32. The van der Waals surface area contributed by atoms with Crippen molar-refractivity contribution >= 4 is 17.7 Å². The molecule has 1 fully saturated rings. The fraction of sp³-hybridized carbons (Fsp3) is 0.643. The minimum atomic E-state index is -0.321. The molecule has 22 heavy (non-hydrogen) atoms. The smallest absolute Gasteiger partial charge is 0.267 e. The van der Waals surface area contributed by atoms with Crippen LogP contribution in [0.3, 0.4) is 0 Å². The van der Waals surface area contributed by atoms with Crippen LogP contribution in [0.25, 0.3) is 0 Å². The lowest BCUT2D eigenvalue weighted by atomic mass is 10.3. The molecule has 1 N–H and O–H groups in total. The van der Waals surface area contributed by atoms with Gasteiger partial charge in [0.2, 0.25) is 0 Å². The van der Waals surface area contributed by atoms with Gasteiger partial charge in [0, 0.05) is 57.8 Å². The highest BCUT2D eigenvalue weighted by Crippen LogP contribution is 2.20. The molecular weight excluding hydrogens is 302 g/mol. The van der Waals surface area contributed by atoms with Crippen molar-refractivity contribution in [3.05, 3.63) is 22.1 Å². The molecule has 3 heterocycles. The van der Waals surface area contributed by atoms with Crippen molar-refractivity contribution < 1.29 is 4.79 Å². The number of hydrogen-bond acceptors (Lipinski definition) is 6. The maximum atomic E-state index is 12.2. The number of carbonyl (C=O) groups excluding carboxylic acids is 1. The summed E-state index contributed by atoms with van der Waals surface area (Å²) in [5, 5.41) is 3.54. The van der Waals surface area contributed by atoms with Crippen molar-refractivity contribution in [2.45, 2.75) is 11.7 Å². The number of aromatic nitrogens is 2. The molecule has 0 bridgehead atoms. The summed E-state index contributed by atoms with van der Waals surface area (Å²) < 4.78 is 1.58. The fourth-order valence-electron chi connectivity index (χ4n) is 2.67. The first kappa shape index (κ1) is 15.5. The molecule has 8 heteroatoms. The lowest BCUT2D eigenvalue weighted by Crippen LogP contribution is -2.47. The molecule has 0 radical (unpaired) electrons. The average molecular weight is 323 g/mol. The van der Waals surface area contributed by atoms with E-state index in [0.29, 0.717) is 18.2 Å². The maximum Gasteiger partial charge on any atom is 0.267 e. The second-order valence-electron chi connectivity index (χ2n) is 5.66. The Morgan fingerprint density at radius 3 is 2.86 bits per heavy atom. The van der Waals surface area contributed by atoms with Crippen LogP contribution in [0.4, 0.5) is 0 Å². The summed E-state index contributed by atoms with van der Waals surface area (Å²) in [6, 6.07) is 0. The first-order chi connectivity index (χ1) is 10.6. The Morgan fingerprint density at radius 1 is 1.32 bits per heavy atom. The highest BCUT2D eigenvalue weighted by atomic mass is 32.2. The molecule has 2 aliphatic heterocycles. The maximum absolute atomic E-state index is 12.2. The highest BCUT2D eigenvalue weighted by molar-refractivity contribution is 7.99. The van der Waals surface area contributed by atoms with Crippen LogP contribution in [-0.2, 0) is 6.54 Å². The van der Waals surface area contributed by atoms with E-state index in [1.165, 1.54) is 6.20 Å². The van der Waals surface area contributed by atoms with Gasteiger partial charge in [0.15, 0.2) is 5.16 Å². The number of fused-ring (bicyclic) bond motifs is 1. The topological polar surface area (TPSA) is 70.5 Å². The molecule has 0 saturated carbocycles. The number of carbonyl (C=O) groups is 1. The Hall–Kier alpha value is -1.38. The number of thioether (sulfide) groups is 1. The van der Waals surface area contributed by atoms with E-state index in [-0.39, 0.29) is 17.0 Å². The number of nitrogens with zero attached hydrogens (tertiary/aromatic N) is 4. The molecule has 0 spiro atoms. The van der Waals surface area contributed by atoms with Gasteiger partial charge in [0.25, 0.3) is 11.5 Å². The Balaban J connectivity index is 1.53. The Morgan fingerprint density at radius 2 is 2.09 bits per heavy atom. The summed E-state index contributed by atoms with van der Waals surface area (Å²) in [4.78, 5) is 33.2. The largest absolute Gasteiger partial charge is 0.351 e. The van der Waals surface area contributed by atoms with Crippen LogP contribution >= 0.6 is 11.8 Å². The van der Waals surface area contributed by atoms with E-state index >= 15 is 0 Å². The van der Waals surface area contributed by atoms with Crippen LogP contribution in [0.1, 0.15) is 10.4 Å². The van der Waals surface area contributed by atoms with Crippen LogP contribution in [0, 0.1) is 0 Å². The van der Waals surface area contributed by atoms with Gasteiger partial charge in [-0.25, -0.2) is 4.98 Å². The van der Waals surface area contributed by atoms with Gasteiger partial charge < -0.3 is 10.2 Å². The van der Waals surface area contributed by atoms with Gasteiger partial charge in [0.05, 0.1) is 0 Å². The molecule has 1 aromatic rings. The Labute approximate surface area is 133 Å². The second kappa shape index (κ2) is 6.80. The zero-order valence-corrected chi connectivity index (χ0v) is 13.6. The number of piperazine rings is 1. The fourth-order valence-corrected chi connectivity index (χ4v) is 3.58. The van der Waals surface area contributed by atoms with Crippen LogP contribution in [0.5, 0.6) is 0 Å². The Bertz CT molecular complexity index is 610. The highest BCUT2D eigenvalue weighted by Gasteiger charge is 2.20. The molecule has 0 unspecified atom stereocenters. The Kier molecular flexibility index (Phi) is 4.80. The van der Waals surface area contributed by atoms with Crippen LogP contribution < -0.4 is 10.9 Å². The van der Waals surface area contributed by atoms with Crippen molar-refractivity contribution in [2.24, 2.45) is 0 Å². The molecule has 120 valence electrons. The van der Waals surface area contributed by atoms with Gasteiger partial charge in [-0.3, -0.25) is 19.1 Å². The van der Waals surface area contributed by atoms with E-state index in [2.05, 4.69) is 27.1 Å². The number of hydrogen-bond donors (Lipinski definition) is 1. The van der Waals surface area contributed by atoms with E-state index in [1.54, 1.807) is 16.3 Å². The molecular formula is C14H21N5O2S. The van der Waals surface area contributed by atoms with Gasteiger partial charge in [-0.15, -0.1) is 0 Å². The number of likely N-dealkylation sites (N-methyl/N-ethyl adjacent to an activating group) is 1. The zero-order chi connectivity index (χ0) is 15.5. The number of amides is 1. The molecule has 1 aromatic heterocycles. The third kappa shape index (κ3) is 3.34. The van der Waals surface area contributed by atoms with Crippen molar-refractivity contribution in [3.8, 4) is 0 Å². The molecule has 3 rings (SSSR count). The molecule has 0 atom stereocenters. The van der Waals surface area contributed by atoms with Crippen LogP contribution in [0.2, 0.25) is 0 Å². The molecule has 1 saturated heterocycles. The summed E-state index contributed by atoms with van der Waals surface area (Å²) in [6.07, 6.45) is 1.40. The minimum Gasteiger partial charge on any atom is -0.351 e. The summed E-state index contributed by atoms with van der Waals surface area (Å²) in [5.41, 5.74) is -0.0864. The van der Waals surface area contributed by atoms with Gasteiger partial charge in [-0.05, 0) is 7.05 Å². The van der Waals surface area contributed by atoms with E-state index in [0.717, 1.165) is 38.5 Å². The number of nitrogens with one attached hydrogen (secondary N) is 1. The van der Waals surface area contributed by atoms with Crippen molar-refractivity contribution in [2.75, 3.05) is 52.1 Å². The number of rotatable bonds is 4. The third-order valence-corrected chi connectivity index (χ3v) is 5.08. The van der Waals surface area contributed by atoms with Crippen molar-refractivity contribution in [1.82, 2.24) is 24.7 Å². The first-order valence-corrected chi connectivity index (χ1v) is 8.55. The van der Waals surface area contributed by atoms with E-state index < -0.39 is 0 Å². The molecule has 0 aromatic carbocycles. The summed E-state index contributed by atoms with van der Waals surface area (Å²) in [7, 11) is 2.12. The SMILES string of the molecule is CN1CCN(CCNC(=O)c2cnc3n(c2=O)CCS3)CC1. The van der Waals surface area contributed by atoms with E-state index in [4.69, 9.17) is 0 Å². The van der Waals surface area contributed by atoms with Crippen molar-refractivity contribution in [3.63, 3.8) is 0 Å². The first-order valence-electron chi connectivity index (χ1n) is 7.57. The summed E-state index contributed by atoms with van der Waals surface area (Å²) in [6.45, 7) is 6.16. The van der Waals surface area contributed by atoms with Crippen LogP contribution in [-0.4, -0.2) is 77.3 Å². The minimum absolute atomic E-state index is 0.143. The summed E-state index contributed by atoms with van der Waals surface area (Å²) in [5.74, 6) is 0.523. The third-order valence-electron chi connectivity index (χ3n) is 4.11. The monoisotopic (exact) mass is 323 g/mol. The van der Waals surface area contributed by atoms with E-state index in [1.807, 2.05) is 0 Å². The molecule has 1 amide bonds. The molecule has 7 nitrogen and oxygen atoms in total. The van der Waals surface area contributed by atoms with Gasteiger partial charge >= 0.3 is 0 Å². The lowest BCUT2D eigenvalue weighted by molar-refractivity contribution is 0.0938. The predicted molar refractivity (Wildman–Crippen MR) is 85.5 cm³/mol. The second-order valence-corrected chi connectivity index (χ2v) is 6.72. The van der Waals surface area contributed by atoms with Gasteiger partial charge in [0.1, 0.15) is 5.56 Å². The van der Waals surface area contributed by atoms with Gasteiger partial charge in [-0.1, -0.05) is 11.8 Å². The standard InChI is InChI=1S/C14H21N5O2S/c1-17-4-6-18(7-5-17)3-2-15-12(20)11-10-16-14-19(13(11)21)8-9-22-14/h10H,2-9H2,1H3,(H,15,20). The molecule has 2 aliphatic rings. The van der Waals surface area contributed by atoms with Crippen molar-refractivity contribution in [1.29, 1.82) is 0 Å².